The van der Waals surface area contributed by atoms with Crippen LogP contribution in [0, 0.1) is 0 Å². The Hall–Kier alpha value is -3.47. The number of benzene rings is 2. The van der Waals surface area contributed by atoms with Crippen LogP contribution in [0.2, 0.25) is 0 Å². The zero-order valence-corrected chi connectivity index (χ0v) is 15.6. The molecule has 2 aromatic rings. The number of hydrogen-bond donors (Lipinski definition) is 6. The fourth-order valence-corrected chi connectivity index (χ4v) is 2.76. The van der Waals surface area contributed by atoms with Crippen molar-refractivity contribution < 1.29 is 33.3 Å². The SMILES string of the molecule is CS(=O)(=O)Nc1ccc(C(=O)NCCNC(=O)c2cc(O)c(O)c(O)c2)cc1. The Bertz CT molecular complexity index is 965. The summed E-state index contributed by atoms with van der Waals surface area (Å²) in [5.41, 5.74) is 0.568. The van der Waals surface area contributed by atoms with Crippen molar-refractivity contribution in [2.75, 3.05) is 24.1 Å². The van der Waals surface area contributed by atoms with Crippen LogP contribution in [0.3, 0.4) is 0 Å². The molecule has 6 N–H and O–H groups in total. The summed E-state index contributed by atoms with van der Waals surface area (Å²) >= 11 is 0. The first-order chi connectivity index (χ1) is 13.1. The van der Waals surface area contributed by atoms with E-state index in [1.54, 1.807) is 0 Å². The molecule has 0 radical (unpaired) electrons. The zero-order chi connectivity index (χ0) is 20.9. The van der Waals surface area contributed by atoms with E-state index in [0.717, 1.165) is 18.4 Å². The van der Waals surface area contributed by atoms with Gasteiger partial charge in [0.05, 0.1) is 6.26 Å². The largest absolute Gasteiger partial charge is 0.504 e. The smallest absolute Gasteiger partial charge is 0.251 e. The van der Waals surface area contributed by atoms with Gasteiger partial charge in [-0.2, -0.15) is 0 Å². The molecule has 10 nitrogen and oxygen atoms in total. The number of rotatable bonds is 7. The first-order valence-corrected chi connectivity index (χ1v) is 9.85. The van der Waals surface area contributed by atoms with Crippen LogP contribution in [-0.4, -0.2) is 54.9 Å². The molecular weight excluding hydrogens is 390 g/mol. The third kappa shape index (κ3) is 5.77. The molecule has 0 heterocycles. The second-order valence-corrected chi connectivity index (χ2v) is 7.57. The van der Waals surface area contributed by atoms with Gasteiger partial charge in [0.25, 0.3) is 11.8 Å². The van der Waals surface area contributed by atoms with Gasteiger partial charge in [0.2, 0.25) is 10.0 Å². The van der Waals surface area contributed by atoms with Gasteiger partial charge in [0.1, 0.15) is 0 Å². The highest BCUT2D eigenvalue weighted by Gasteiger charge is 2.13. The normalized spacial score (nSPS) is 10.9. The van der Waals surface area contributed by atoms with Crippen LogP contribution >= 0.6 is 0 Å². The number of phenols is 3. The van der Waals surface area contributed by atoms with Crippen molar-refractivity contribution in [2.24, 2.45) is 0 Å². The van der Waals surface area contributed by atoms with E-state index in [-0.39, 0.29) is 18.7 Å². The Morgan fingerprint density at radius 1 is 0.857 bits per heavy atom. The molecule has 0 saturated carbocycles. The number of aromatic hydroxyl groups is 3. The minimum atomic E-state index is -3.40. The first kappa shape index (κ1) is 20.8. The van der Waals surface area contributed by atoms with E-state index in [4.69, 9.17) is 0 Å². The molecule has 2 aromatic carbocycles. The Balaban J connectivity index is 1.83. The second kappa shape index (κ2) is 8.48. The molecule has 11 heteroatoms. The lowest BCUT2D eigenvalue weighted by molar-refractivity contribution is 0.0927. The van der Waals surface area contributed by atoms with E-state index >= 15 is 0 Å². The number of hydrogen-bond acceptors (Lipinski definition) is 7. The van der Waals surface area contributed by atoms with Gasteiger partial charge in [-0.1, -0.05) is 0 Å². The Kier molecular flexibility index (Phi) is 6.31. The maximum Gasteiger partial charge on any atom is 0.251 e. The summed E-state index contributed by atoms with van der Waals surface area (Å²) in [7, 11) is -3.40. The van der Waals surface area contributed by atoms with Crippen molar-refractivity contribution >= 4 is 27.5 Å². The average molecular weight is 409 g/mol. The average Bonchev–Trinajstić information content (AvgIpc) is 2.61. The van der Waals surface area contributed by atoms with Gasteiger partial charge in [0.15, 0.2) is 17.2 Å². The predicted molar refractivity (Wildman–Crippen MR) is 101 cm³/mol. The highest BCUT2D eigenvalue weighted by molar-refractivity contribution is 7.92. The fraction of sp³-hybridized carbons (Fsp3) is 0.176. The van der Waals surface area contributed by atoms with Crippen LogP contribution in [-0.2, 0) is 10.0 Å². The van der Waals surface area contributed by atoms with E-state index in [2.05, 4.69) is 15.4 Å². The molecule has 0 fully saturated rings. The Labute approximate surface area is 160 Å². The molecule has 0 aliphatic heterocycles. The van der Waals surface area contributed by atoms with Gasteiger partial charge >= 0.3 is 0 Å². The number of phenolic OH excluding ortho intramolecular Hbond substituents is 3. The van der Waals surface area contributed by atoms with Crippen molar-refractivity contribution in [1.29, 1.82) is 0 Å². The van der Waals surface area contributed by atoms with Gasteiger partial charge in [0, 0.05) is 29.9 Å². The molecule has 150 valence electrons. The molecule has 0 aromatic heterocycles. The van der Waals surface area contributed by atoms with E-state index in [1.165, 1.54) is 24.3 Å². The number of carbonyl (C=O) groups is 2. The molecule has 28 heavy (non-hydrogen) atoms. The van der Waals surface area contributed by atoms with E-state index in [1.807, 2.05) is 0 Å². The molecule has 0 bridgehead atoms. The summed E-state index contributed by atoms with van der Waals surface area (Å²) in [6.45, 7) is 0.171. The number of carbonyl (C=O) groups excluding carboxylic acids is 2. The standard InChI is InChI=1S/C17H19N3O7S/c1-28(26,27)20-12-4-2-10(3-5-12)16(24)18-6-7-19-17(25)11-8-13(21)15(23)14(22)9-11/h2-5,8-9,20-23H,6-7H2,1H3,(H,18,24)(H,19,25). The molecule has 0 spiro atoms. The summed E-state index contributed by atoms with van der Waals surface area (Å²) in [6, 6.07) is 7.78. The summed E-state index contributed by atoms with van der Waals surface area (Å²) in [5.74, 6) is -3.02. The van der Waals surface area contributed by atoms with Crippen LogP contribution in [0.5, 0.6) is 17.2 Å². The van der Waals surface area contributed by atoms with Gasteiger partial charge in [-0.3, -0.25) is 14.3 Å². The maximum atomic E-state index is 12.0. The molecule has 0 aliphatic carbocycles. The van der Waals surface area contributed by atoms with Crippen molar-refractivity contribution in [1.82, 2.24) is 10.6 Å². The van der Waals surface area contributed by atoms with Crippen LogP contribution < -0.4 is 15.4 Å². The van der Waals surface area contributed by atoms with Crippen LogP contribution in [0.1, 0.15) is 20.7 Å². The third-order valence-electron chi connectivity index (χ3n) is 3.48. The predicted octanol–water partition coefficient (Wildman–Crippen LogP) is 0.335. The number of anilines is 1. The van der Waals surface area contributed by atoms with Crippen molar-refractivity contribution in [3.05, 3.63) is 47.5 Å². The minimum absolute atomic E-state index is 0.0620. The lowest BCUT2D eigenvalue weighted by atomic mass is 10.1. The third-order valence-corrected chi connectivity index (χ3v) is 4.08. The molecule has 0 aliphatic rings. The molecule has 0 unspecified atom stereocenters. The molecule has 2 rings (SSSR count). The maximum absolute atomic E-state index is 12.0. The van der Waals surface area contributed by atoms with Crippen molar-refractivity contribution in [2.45, 2.75) is 0 Å². The topological polar surface area (TPSA) is 165 Å². The van der Waals surface area contributed by atoms with E-state index in [0.29, 0.717) is 11.3 Å². The van der Waals surface area contributed by atoms with Crippen LogP contribution in [0.4, 0.5) is 5.69 Å². The fourth-order valence-electron chi connectivity index (χ4n) is 2.20. The van der Waals surface area contributed by atoms with Gasteiger partial charge in [-0.05, 0) is 36.4 Å². The molecule has 2 amide bonds. The van der Waals surface area contributed by atoms with E-state index < -0.39 is 39.1 Å². The zero-order valence-electron chi connectivity index (χ0n) is 14.8. The highest BCUT2D eigenvalue weighted by atomic mass is 32.2. The summed E-state index contributed by atoms with van der Waals surface area (Å²) in [6.07, 6.45) is 1.02. The summed E-state index contributed by atoms with van der Waals surface area (Å²) < 4.78 is 24.6. The van der Waals surface area contributed by atoms with E-state index in [9.17, 15) is 33.3 Å². The second-order valence-electron chi connectivity index (χ2n) is 5.83. The summed E-state index contributed by atoms with van der Waals surface area (Å²) in [5, 5.41) is 33.1. The van der Waals surface area contributed by atoms with Crippen molar-refractivity contribution in [3.8, 4) is 17.2 Å². The quantitative estimate of drug-likeness (QED) is 0.283. The number of nitrogens with one attached hydrogen (secondary N) is 3. The monoisotopic (exact) mass is 409 g/mol. The summed E-state index contributed by atoms with van der Waals surface area (Å²) in [4.78, 5) is 24.0. The Morgan fingerprint density at radius 3 is 1.79 bits per heavy atom. The molecular formula is C17H19N3O7S. The van der Waals surface area contributed by atoms with Crippen LogP contribution in [0.25, 0.3) is 0 Å². The molecule has 0 atom stereocenters. The van der Waals surface area contributed by atoms with Gasteiger partial charge < -0.3 is 26.0 Å². The number of sulfonamides is 1. The Morgan fingerprint density at radius 2 is 1.32 bits per heavy atom. The van der Waals surface area contributed by atoms with Crippen molar-refractivity contribution in [3.63, 3.8) is 0 Å². The van der Waals surface area contributed by atoms with Gasteiger partial charge in [-0.25, -0.2) is 8.42 Å². The first-order valence-electron chi connectivity index (χ1n) is 7.96. The lowest BCUT2D eigenvalue weighted by Crippen LogP contribution is -2.34. The number of amides is 2. The minimum Gasteiger partial charge on any atom is -0.504 e. The lowest BCUT2D eigenvalue weighted by Gasteiger charge is -2.09. The highest BCUT2D eigenvalue weighted by Crippen LogP contribution is 2.35. The molecule has 0 saturated heterocycles. The van der Waals surface area contributed by atoms with Crippen LogP contribution in [0.15, 0.2) is 36.4 Å². The van der Waals surface area contributed by atoms with Gasteiger partial charge in [-0.15, -0.1) is 0 Å².